The molecule has 0 aliphatic carbocycles. The highest BCUT2D eigenvalue weighted by Crippen LogP contribution is 2.28. The largest absolute Gasteiger partial charge is 0.339 e. The van der Waals surface area contributed by atoms with Gasteiger partial charge in [0, 0.05) is 36.5 Å². The molecule has 27 heavy (non-hydrogen) atoms. The third-order valence-electron chi connectivity index (χ3n) is 4.58. The summed E-state index contributed by atoms with van der Waals surface area (Å²) in [4.78, 5) is 22.2. The first-order valence-corrected chi connectivity index (χ1v) is 8.60. The minimum Gasteiger partial charge on any atom is -0.339 e. The second-order valence-corrected chi connectivity index (χ2v) is 6.42. The molecule has 138 valence electrons. The number of carbonyl (C=O) groups excluding carboxylic acids is 1. The zero-order chi connectivity index (χ0) is 18.8. The van der Waals surface area contributed by atoms with Crippen LogP contribution < -0.4 is 0 Å². The molecule has 0 bridgehead atoms. The van der Waals surface area contributed by atoms with Crippen molar-refractivity contribution in [2.75, 3.05) is 13.1 Å². The zero-order valence-corrected chi connectivity index (χ0v) is 14.3. The van der Waals surface area contributed by atoms with Gasteiger partial charge in [-0.25, -0.2) is 9.37 Å². The maximum atomic E-state index is 13.3. The Bertz CT molecular complexity index is 958. The fraction of sp³-hybridized carbons (Fsp3) is 0.263. The van der Waals surface area contributed by atoms with Crippen molar-refractivity contribution in [3.05, 3.63) is 65.8 Å². The topological polar surface area (TPSA) is 72.1 Å². The van der Waals surface area contributed by atoms with Crippen molar-refractivity contribution >= 4 is 5.91 Å². The lowest BCUT2D eigenvalue weighted by Gasteiger charge is -2.31. The number of nitrogens with zero attached hydrogens (tertiary/aromatic N) is 4. The smallest absolute Gasteiger partial charge is 0.254 e. The predicted molar refractivity (Wildman–Crippen MR) is 91.8 cm³/mol. The summed E-state index contributed by atoms with van der Waals surface area (Å²) in [5.41, 5.74) is 0.920. The molecular formula is C19H16F2N4O2. The van der Waals surface area contributed by atoms with Crippen molar-refractivity contribution in [1.29, 1.82) is 0 Å². The first-order chi connectivity index (χ1) is 13.1. The lowest BCUT2D eigenvalue weighted by atomic mass is 9.97. The van der Waals surface area contributed by atoms with E-state index in [1.54, 1.807) is 17.0 Å². The Morgan fingerprint density at radius 2 is 2.00 bits per heavy atom. The Morgan fingerprint density at radius 3 is 2.78 bits per heavy atom. The van der Waals surface area contributed by atoms with Gasteiger partial charge in [0.15, 0.2) is 0 Å². The molecule has 8 heteroatoms. The highest BCUT2D eigenvalue weighted by Gasteiger charge is 2.29. The zero-order valence-electron chi connectivity index (χ0n) is 14.3. The number of piperidine rings is 1. The minimum atomic E-state index is -0.685. The summed E-state index contributed by atoms with van der Waals surface area (Å²) in [6.07, 6.45) is 2.86. The van der Waals surface area contributed by atoms with Gasteiger partial charge < -0.3 is 9.42 Å². The van der Waals surface area contributed by atoms with Crippen LogP contribution in [-0.4, -0.2) is 39.0 Å². The van der Waals surface area contributed by atoms with Crippen LogP contribution in [0.5, 0.6) is 0 Å². The fourth-order valence-electron chi connectivity index (χ4n) is 3.20. The number of hydrogen-bond donors (Lipinski definition) is 0. The summed E-state index contributed by atoms with van der Waals surface area (Å²) in [5.74, 6) is -0.556. The van der Waals surface area contributed by atoms with Crippen molar-refractivity contribution < 1.29 is 18.1 Å². The van der Waals surface area contributed by atoms with E-state index < -0.39 is 5.95 Å². The van der Waals surface area contributed by atoms with E-state index >= 15 is 0 Å². The number of carbonyl (C=O) groups is 1. The SMILES string of the molecule is O=C(c1ccnc(F)c1)N1CCC[C@H](c2nc(-c3ccc(F)cc3)no2)C1. The van der Waals surface area contributed by atoms with Crippen LogP contribution in [0.15, 0.2) is 47.1 Å². The Balaban J connectivity index is 1.50. The number of amides is 1. The Kier molecular flexibility index (Phi) is 4.62. The second kappa shape index (κ2) is 7.22. The van der Waals surface area contributed by atoms with E-state index in [-0.39, 0.29) is 23.2 Å². The van der Waals surface area contributed by atoms with Gasteiger partial charge in [0.2, 0.25) is 17.7 Å². The molecule has 0 radical (unpaired) electrons. The summed E-state index contributed by atoms with van der Waals surface area (Å²) < 4.78 is 31.7. The molecule has 3 aromatic rings. The molecule has 1 aliphatic rings. The molecule has 0 saturated carbocycles. The summed E-state index contributed by atoms with van der Waals surface area (Å²) in [7, 11) is 0. The minimum absolute atomic E-state index is 0.101. The highest BCUT2D eigenvalue weighted by molar-refractivity contribution is 5.94. The predicted octanol–water partition coefficient (Wildman–Crippen LogP) is 3.43. The van der Waals surface area contributed by atoms with Gasteiger partial charge in [-0.05, 0) is 43.2 Å². The molecule has 0 spiro atoms. The normalized spacial score (nSPS) is 17.1. The van der Waals surface area contributed by atoms with Crippen LogP contribution in [-0.2, 0) is 0 Å². The number of hydrogen-bond acceptors (Lipinski definition) is 5. The molecule has 1 saturated heterocycles. The van der Waals surface area contributed by atoms with Gasteiger partial charge in [-0.3, -0.25) is 4.79 Å². The van der Waals surface area contributed by atoms with Crippen LogP contribution in [0.4, 0.5) is 8.78 Å². The summed E-state index contributed by atoms with van der Waals surface area (Å²) in [5, 5.41) is 3.96. The van der Waals surface area contributed by atoms with Gasteiger partial charge >= 0.3 is 0 Å². The molecule has 4 rings (SSSR count). The number of benzene rings is 1. The summed E-state index contributed by atoms with van der Waals surface area (Å²) >= 11 is 0. The molecule has 1 aliphatic heterocycles. The van der Waals surface area contributed by atoms with Crippen LogP contribution in [0.2, 0.25) is 0 Å². The highest BCUT2D eigenvalue weighted by atomic mass is 19.1. The van der Waals surface area contributed by atoms with Crippen LogP contribution in [0.3, 0.4) is 0 Å². The van der Waals surface area contributed by atoms with Crippen molar-refractivity contribution in [1.82, 2.24) is 20.0 Å². The van der Waals surface area contributed by atoms with E-state index in [1.165, 1.54) is 24.4 Å². The molecular weight excluding hydrogens is 354 g/mol. The van der Waals surface area contributed by atoms with E-state index in [1.807, 2.05) is 0 Å². The molecule has 1 aromatic carbocycles. The van der Waals surface area contributed by atoms with Crippen molar-refractivity contribution in [3.8, 4) is 11.4 Å². The molecule has 0 N–H and O–H groups in total. The van der Waals surface area contributed by atoms with Crippen LogP contribution >= 0.6 is 0 Å². The van der Waals surface area contributed by atoms with Gasteiger partial charge in [0.25, 0.3) is 5.91 Å². The molecule has 1 fully saturated rings. The van der Waals surface area contributed by atoms with Gasteiger partial charge in [-0.1, -0.05) is 5.16 Å². The summed E-state index contributed by atoms with van der Waals surface area (Å²) in [6.45, 7) is 0.992. The van der Waals surface area contributed by atoms with Gasteiger partial charge in [0.05, 0.1) is 5.92 Å². The average molecular weight is 370 g/mol. The molecule has 1 atom stereocenters. The average Bonchev–Trinajstić information content (AvgIpc) is 3.18. The third kappa shape index (κ3) is 3.69. The van der Waals surface area contributed by atoms with E-state index in [0.717, 1.165) is 18.9 Å². The maximum absolute atomic E-state index is 13.3. The first-order valence-electron chi connectivity index (χ1n) is 8.60. The number of likely N-dealkylation sites (tertiary alicyclic amines) is 1. The first kappa shape index (κ1) is 17.3. The number of pyridine rings is 1. The number of aromatic nitrogens is 3. The Labute approximate surface area is 153 Å². The maximum Gasteiger partial charge on any atom is 0.254 e. The lowest BCUT2D eigenvalue weighted by molar-refractivity contribution is 0.0695. The Morgan fingerprint density at radius 1 is 1.19 bits per heavy atom. The fourth-order valence-corrected chi connectivity index (χ4v) is 3.20. The van der Waals surface area contributed by atoms with Crippen molar-refractivity contribution in [2.24, 2.45) is 0 Å². The molecule has 2 aromatic heterocycles. The lowest BCUT2D eigenvalue weighted by Crippen LogP contribution is -2.39. The van der Waals surface area contributed by atoms with Crippen molar-refractivity contribution in [2.45, 2.75) is 18.8 Å². The van der Waals surface area contributed by atoms with Crippen LogP contribution in [0.1, 0.15) is 35.0 Å². The van der Waals surface area contributed by atoms with E-state index in [9.17, 15) is 13.6 Å². The standard InChI is InChI=1S/C19H16F2N4O2/c20-15-5-3-12(4-6-15)17-23-18(27-24-17)14-2-1-9-25(11-14)19(26)13-7-8-22-16(21)10-13/h3-8,10,14H,1-2,9,11H2/t14-/m0/s1. The van der Waals surface area contributed by atoms with E-state index in [2.05, 4.69) is 15.1 Å². The number of halogens is 2. The third-order valence-corrected chi connectivity index (χ3v) is 4.58. The van der Waals surface area contributed by atoms with Crippen LogP contribution in [0.25, 0.3) is 11.4 Å². The molecule has 1 amide bonds. The van der Waals surface area contributed by atoms with E-state index in [0.29, 0.717) is 30.4 Å². The Hall–Kier alpha value is -3.16. The molecule has 6 nitrogen and oxygen atoms in total. The summed E-state index contributed by atoms with van der Waals surface area (Å²) in [6, 6.07) is 8.46. The monoisotopic (exact) mass is 370 g/mol. The quantitative estimate of drug-likeness (QED) is 0.661. The van der Waals surface area contributed by atoms with Gasteiger partial charge in [-0.2, -0.15) is 9.37 Å². The molecule has 3 heterocycles. The van der Waals surface area contributed by atoms with Crippen LogP contribution in [0, 0.1) is 11.8 Å². The second-order valence-electron chi connectivity index (χ2n) is 6.42. The van der Waals surface area contributed by atoms with Gasteiger partial charge in [-0.15, -0.1) is 0 Å². The van der Waals surface area contributed by atoms with Crippen molar-refractivity contribution in [3.63, 3.8) is 0 Å². The number of rotatable bonds is 3. The van der Waals surface area contributed by atoms with E-state index in [4.69, 9.17) is 4.52 Å². The molecule has 0 unspecified atom stereocenters. The van der Waals surface area contributed by atoms with Gasteiger partial charge in [0.1, 0.15) is 5.82 Å².